The van der Waals surface area contributed by atoms with Gasteiger partial charge in [0.25, 0.3) is 0 Å². The molecule has 0 bridgehead atoms. The average Bonchev–Trinajstić information content (AvgIpc) is 2.72. The van der Waals surface area contributed by atoms with Crippen molar-refractivity contribution in [3.63, 3.8) is 0 Å². The number of aliphatic imine (C=N–C) groups is 1. The Labute approximate surface area is 166 Å². The number of nitrogens with zero attached hydrogens (tertiary/aromatic N) is 5. The van der Waals surface area contributed by atoms with Gasteiger partial charge in [-0.25, -0.2) is 9.97 Å². The molecule has 144 valence electrons. The number of hydrogen-bond donors (Lipinski definition) is 1. The molecule has 0 aliphatic carbocycles. The maximum atomic E-state index is 5.94. The van der Waals surface area contributed by atoms with Crippen molar-refractivity contribution in [3.05, 3.63) is 53.3 Å². The van der Waals surface area contributed by atoms with Gasteiger partial charge in [0.15, 0.2) is 5.96 Å². The van der Waals surface area contributed by atoms with Crippen LogP contribution in [0.25, 0.3) is 0 Å². The Balaban J connectivity index is 1.49. The van der Waals surface area contributed by atoms with E-state index in [1.807, 2.05) is 18.2 Å². The standard InChI is InChI=1S/C20H27ClN6/c1-2-22-19(23-10-3-5-17-6-8-18(21)9-7-17)26-13-15-27(16-14-26)20-24-11-4-12-25-20/h4,6-9,11-12H,2-3,5,10,13-16H2,1H3,(H,22,23). The van der Waals surface area contributed by atoms with Gasteiger partial charge in [0.05, 0.1) is 0 Å². The minimum atomic E-state index is 0.784. The molecule has 7 heteroatoms. The van der Waals surface area contributed by atoms with Crippen LogP contribution < -0.4 is 10.2 Å². The predicted octanol–water partition coefficient (Wildman–Crippen LogP) is 2.85. The molecule has 2 aromatic rings. The molecule has 1 aliphatic heterocycles. The van der Waals surface area contributed by atoms with E-state index < -0.39 is 0 Å². The first kappa shape index (κ1) is 19.4. The van der Waals surface area contributed by atoms with Gasteiger partial charge in [0.1, 0.15) is 0 Å². The van der Waals surface area contributed by atoms with Gasteiger partial charge in [-0.15, -0.1) is 0 Å². The molecule has 1 aliphatic rings. The number of halogens is 1. The molecular weight excluding hydrogens is 360 g/mol. The highest BCUT2D eigenvalue weighted by Crippen LogP contribution is 2.12. The average molecular weight is 387 g/mol. The summed E-state index contributed by atoms with van der Waals surface area (Å²) in [6, 6.07) is 9.91. The number of rotatable bonds is 6. The van der Waals surface area contributed by atoms with Gasteiger partial charge in [-0.1, -0.05) is 23.7 Å². The lowest BCUT2D eigenvalue weighted by molar-refractivity contribution is 0.370. The Morgan fingerprint density at radius 2 is 1.81 bits per heavy atom. The number of aryl methyl sites for hydroxylation is 1. The molecule has 6 nitrogen and oxygen atoms in total. The molecule has 2 heterocycles. The van der Waals surface area contributed by atoms with E-state index in [4.69, 9.17) is 16.6 Å². The molecule has 0 saturated carbocycles. The monoisotopic (exact) mass is 386 g/mol. The number of hydrogen-bond acceptors (Lipinski definition) is 4. The van der Waals surface area contributed by atoms with Crippen LogP contribution in [-0.2, 0) is 6.42 Å². The van der Waals surface area contributed by atoms with Crippen LogP contribution in [0.2, 0.25) is 5.02 Å². The highest BCUT2D eigenvalue weighted by molar-refractivity contribution is 6.30. The minimum Gasteiger partial charge on any atom is -0.357 e. The number of nitrogens with one attached hydrogen (secondary N) is 1. The van der Waals surface area contributed by atoms with Crippen LogP contribution in [0.1, 0.15) is 18.9 Å². The van der Waals surface area contributed by atoms with Crippen molar-refractivity contribution >= 4 is 23.5 Å². The molecule has 27 heavy (non-hydrogen) atoms. The van der Waals surface area contributed by atoms with E-state index in [2.05, 4.69) is 44.1 Å². The third kappa shape index (κ3) is 5.82. The smallest absolute Gasteiger partial charge is 0.225 e. The van der Waals surface area contributed by atoms with E-state index in [-0.39, 0.29) is 0 Å². The lowest BCUT2D eigenvalue weighted by atomic mass is 10.1. The third-order valence-corrected chi connectivity index (χ3v) is 4.80. The second-order valence-corrected chi connectivity index (χ2v) is 6.93. The highest BCUT2D eigenvalue weighted by atomic mass is 35.5. The zero-order chi connectivity index (χ0) is 18.9. The number of anilines is 1. The Bertz CT molecular complexity index is 711. The summed E-state index contributed by atoms with van der Waals surface area (Å²) in [5.74, 6) is 1.81. The van der Waals surface area contributed by atoms with Crippen molar-refractivity contribution in [2.24, 2.45) is 4.99 Å². The highest BCUT2D eigenvalue weighted by Gasteiger charge is 2.20. The molecule has 1 aromatic heterocycles. The van der Waals surface area contributed by atoms with E-state index in [0.717, 1.165) is 69.0 Å². The minimum absolute atomic E-state index is 0.784. The molecular formula is C20H27ClN6. The van der Waals surface area contributed by atoms with Crippen LogP contribution in [0.4, 0.5) is 5.95 Å². The lowest BCUT2D eigenvalue weighted by Crippen LogP contribution is -2.53. The summed E-state index contributed by atoms with van der Waals surface area (Å²) >= 11 is 5.94. The molecule has 1 fully saturated rings. The van der Waals surface area contributed by atoms with Crippen molar-refractivity contribution in [1.82, 2.24) is 20.2 Å². The van der Waals surface area contributed by atoms with Gasteiger partial charge >= 0.3 is 0 Å². The number of aromatic nitrogens is 2. The van der Waals surface area contributed by atoms with Crippen molar-refractivity contribution < 1.29 is 0 Å². The molecule has 1 saturated heterocycles. The summed E-state index contributed by atoms with van der Waals surface area (Å²) in [6.45, 7) is 7.43. The molecule has 1 aromatic carbocycles. The summed E-state index contributed by atoms with van der Waals surface area (Å²) in [6.07, 6.45) is 5.62. The van der Waals surface area contributed by atoms with Crippen LogP contribution in [0.5, 0.6) is 0 Å². The Morgan fingerprint density at radius 1 is 1.11 bits per heavy atom. The van der Waals surface area contributed by atoms with Crippen LogP contribution in [0, 0.1) is 0 Å². The lowest BCUT2D eigenvalue weighted by Gasteiger charge is -2.36. The zero-order valence-corrected chi connectivity index (χ0v) is 16.6. The largest absolute Gasteiger partial charge is 0.357 e. The third-order valence-electron chi connectivity index (χ3n) is 4.55. The van der Waals surface area contributed by atoms with E-state index in [1.165, 1.54) is 5.56 Å². The second kappa shape index (κ2) is 10.1. The van der Waals surface area contributed by atoms with Crippen molar-refractivity contribution in [3.8, 4) is 0 Å². The van der Waals surface area contributed by atoms with E-state index >= 15 is 0 Å². The first-order valence-electron chi connectivity index (χ1n) is 9.56. The Hall–Kier alpha value is -2.34. The van der Waals surface area contributed by atoms with E-state index in [0.29, 0.717) is 0 Å². The Morgan fingerprint density at radius 3 is 2.48 bits per heavy atom. The van der Waals surface area contributed by atoms with E-state index in [1.54, 1.807) is 12.4 Å². The van der Waals surface area contributed by atoms with Gasteiger partial charge in [-0.2, -0.15) is 0 Å². The zero-order valence-electron chi connectivity index (χ0n) is 15.8. The Kier molecular flexibility index (Phi) is 7.27. The summed E-state index contributed by atoms with van der Waals surface area (Å²) in [7, 11) is 0. The first-order chi connectivity index (χ1) is 13.3. The van der Waals surface area contributed by atoms with Gasteiger partial charge in [0, 0.05) is 56.7 Å². The molecule has 0 atom stereocenters. The van der Waals surface area contributed by atoms with Gasteiger partial charge in [-0.05, 0) is 43.5 Å². The summed E-state index contributed by atoms with van der Waals surface area (Å²) in [5.41, 5.74) is 1.30. The molecule has 1 N–H and O–H groups in total. The SMILES string of the molecule is CCNC(=NCCCc1ccc(Cl)cc1)N1CCN(c2ncccn2)CC1. The fourth-order valence-corrected chi connectivity index (χ4v) is 3.24. The molecule has 0 amide bonds. The normalized spacial score (nSPS) is 15.1. The van der Waals surface area contributed by atoms with Crippen LogP contribution >= 0.6 is 11.6 Å². The van der Waals surface area contributed by atoms with Crippen molar-refractivity contribution in [2.75, 3.05) is 44.2 Å². The molecule has 0 spiro atoms. The number of guanidine groups is 1. The van der Waals surface area contributed by atoms with Crippen LogP contribution in [0.15, 0.2) is 47.7 Å². The van der Waals surface area contributed by atoms with Crippen molar-refractivity contribution in [2.45, 2.75) is 19.8 Å². The fourth-order valence-electron chi connectivity index (χ4n) is 3.12. The predicted molar refractivity (Wildman–Crippen MR) is 112 cm³/mol. The molecule has 0 unspecified atom stereocenters. The summed E-state index contributed by atoms with van der Waals surface area (Å²) < 4.78 is 0. The van der Waals surface area contributed by atoms with Gasteiger partial charge in [-0.3, -0.25) is 4.99 Å². The number of piperazine rings is 1. The molecule has 0 radical (unpaired) electrons. The fraction of sp³-hybridized carbons (Fsp3) is 0.450. The summed E-state index contributed by atoms with van der Waals surface area (Å²) in [5, 5.41) is 4.21. The molecule has 3 rings (SSSR count). The van der Waals surface area contributed by atoms with Gasteiger partial charge in [0.2, 0.25) is 5.95 Å². The topological polar surface area (TPSA) is 56.7 Å². The maximum Gasteiger partial charge on any atom is 0.225 e. The van der Waals surface area contributed by atoms with E-state index in [9.17, 15) is 0 Å². The van der Waals surface area contributed by atoms with Crippen LogP contribution in [0.3, 0.4) is 0 Å². The second-order valence-electron chi connectivity index (χ2n) is 6.49. The summed E-state index contributed by atoms with van der Waals surface area (Å²) in [4.78, 5) is 18.1. The quantitative estimate of drug-likeness (QED) is 0.470. The van der Waals surface area contributed by atoms with Crippen molar-refractivity contribution in [1.29, 1.82) is 0 Å². The van der Waals surface area contributed by atoms with Gasteiger partial charge < -0.3 is 15.1 Å². The first-order valence-corrected chi connectivity index (χ1v) is 9.93. The maximum absolute atomic E-state index is 5.94. The van der Waals surface area contributed by atoms with Crippen LogP contribution in [-0.4, -0.2) is 60.1 Å². The number of benzene rings is 1.